The van der Waals surface area contributed by atoms with E-state index in [1.54, 1.807) is 13.0 Å². The minimum Gasteiger partial charge on any atom is -0.462 e. The average molecular weight is 320 g/mol. The first-order valence-corrected chi connectivity index (χ1v) is 7.99. The van der Waals surface area contributed by atoms with Gasteiger partial charge in [-0.15, -0.1) is 0 Å². The van der Waals surface area contributed by atoms with Gasteiger partial charge in [0.15, 0.2) is 0 Å². The number of hydrogen-bond donors (Lipinski definition) is 0. The van der Waals surface area contributed by atoms with Gasteiger partial charge in [-0.25, -0.2) is 9.48 Å². The van der Waals surface area contributed by atoms with E-state index in [0.29, 0.717) is 12.2 Å². The molecule has 0 fully saturated rings. The molecule has 3 aromatic rings. The van der Waals surface area contributed by atoms with Crippen LogP contribution in [0, 0.1) is 13.8 Å². The van der Waals surface area contributed by atoms with Crippen LogP contribution in [-0.4, -0.2) is 22.4 Å². The molecule has 0 atom stereocenters. The van der Waals surface area contributed by atoms with E-state index in [2.05, 4.69) is 30.2 Å². The fourth-order valence-electron chi connectivity index (χ4n) is 2.63. The van der Waals surface area contributed by atoms with Crippen molar-refractivity contribution in [3.8, 4) is 16.8 Å². The molecule has 0 N–H and O–H groups in total. The minimum absolute atomic E-state index is 0.297. The highest BCUT2D eigenvalue weighted by Gasteiger charge is 2.10. The average Bonchev–Trinajstić information content (AvgIpc) is 3.02. The second-order valence-electron chi connectivity index (χ2n) is 5.70. The third kappa shape index (κ3) is 3.23. The van der Waals surface area contributed by atoms with Crippen LogP contribution >= 0.6 is 0 Å². The summed E-state index contributed by atoms with van der Waals surface area (Å²) in [6, 6.07) is 15.7. The lowest BCUT2D eigenvalue weighted by atomic mass is 10.0. The van der Waals surface area contributed by atoms with E-state index in [1.807, 2.05) is 42.1 Å². The predicted octanol–water partition coefficient (Wildman–Crippen LogP) is 4.33. The molecule has 0 aliphatic heterocycles. The Hall–Kier alpha value is -2.88. The lowest BCUT2D eigenvalue weighted by Gasteiger charge is -2.10. The standard InChI is InChI=1S/C20H20N2O2/c1-4-24-20(23)18-7-5-6-16(12-18)17-9-8-14(2)19(13-17)22-11-10-15(3)21-22/h5-13H,4H2,1-3H3. The van der Waals surface area contributed by atoms with Crippen LogP contribution in [-0.2, 0) is 4.74 Å². The van der Waals surface area contributed by atoms with Gasteiger partial charge in [-0.3, -0.25) is 0 Å². The van der Waals surface area contributed by atoms with Crippen molar-refractivity contribution in [2.45, 2.75) is 20.8 Å². The van der Waals surface area contributed by atoms with Gasteiger partial charge in [0, 0.05) is 6.20 Å². The number of nitrogens with zero attached hydrogens (tertiary/aromatic N) is 2. The van der Waals surface area contributed by atoms with Crippen molar-refractivity contribution in [3.63, 3.8) is 0 Å². The van der Waals surface area contributed by atoms with Gasteiger partial charge < -0.3 is 4.74 Å². The summed E-state index contributed by atoms with van der Waals surface area (Å²) in [4.78, 5) is 11.9. The number of carbonyl (C=O) groups is 1. The van der Waals surface area contributed by atoms with Crippen LogP contribution in [0.25, 0.3) is 16.8 Å². The van der Waals surface area contributed by atoms with Crippen LogP contribution in [0.4, 0.5) is 0 Å². The monoisotopic (exact) mass is 320 g/mol. The summed E-state index contributed by atoms with van der Waals surface area (Å²) in [5.74, 6) is -0.297. The first-order valence-electron chi connectivity index (χ1n) is 7.99. The molecular formula is C20H20N2O2. The van der Waals surface area contributed by atoms with Gasteiger partial charge in [0.05, 0.1) is 23.6 Å². The zero-order valence-electron chi connectivity index (χ0n) is 14.1. The van der Waals surface area contributed by atoms with E-state index >= 15 is 0 Å². The molecule has 0 radical (unpaired) electrons. The third-order valence-electron chi connectivity index (χ3n) is 3.89. The molecule has 0 unspecified atom stereocenters. The summed E-state index contributed by atoms with van der Waals surface area (Å²) in [5.41, 5.74) is 5.72. The van der Waals surface area contributed by atoms with Gasteiger partial charge >= 0.3 is 5.97 Å². The molecule has 4 nitrogen and oxygen atoms in total. The van der Waals surface area contributed by atoms with Crippen molar-refractivity contribution >= 4 is 5.97 Å². The van der Waals surface area contributed by atoms with Gasteiger partial charge in [-0.2, -0.15) is 5.10 Å². The lowest BCUT2D eigenvalue weighted by Crippen LogP contribution is -2.04. The highest BCUT2D eigenvalue weighted by Crippen LogP contribution is 2.25. The number of carbonyl (C=O) groups excluding carboxylic acids is 1. The van der Waals surface area contributed by atoms with Crippen molar-refractivity contribution < 1.29 is 9.53 Å². The minimum atomic E-state index is -0.297. The second-order valence-corrected chi connectivity index (χ2v) is 5.70. The summed E-state index contributed by atoms with van der Waals surface area (Å²) in [6.45, 7) is 6.21. The molecule has 0 bridgehead atoms. The van der Waals surface area contributed by atoms with E-state index in [1.165, 1.54) is 0 Å². The van der Waals surface area contributed by atoms with E-state index < -0.39 is 0 Å². The van der Waals surface area contributed by atoms with Gasteiger partial charge in [-0.1, -0.05) is 24.3 Å². The van der Waals surface area contributed by atoms with Crippen LogP contribution in [0.3, 0.4) is 0 Å². The van der Waals surface area contributed by atoms with Crippen molar-refractivity contribution in [3.05, 3.63) is 71.5 Å². The topological polar surface area (TPSA) is 44.1 Å². The van der Waals surface area contributed by atoms with Crippen molar-refractivity contribution in [2.24, 2.45) is 0 Å². The van der Waals surface area contributed by atoms with Gasteiger partial charge in [0.1, 0.15) is 0 Å². The molecule has 4 heteroatoms. The van der Waals surface area contributed by atoms with Crippen LogP contribution in [0.15, 0.2) is 54.7 Å². The molecule has 3 rings (SSSR count). The number of ether oxygens (including phenoxy) is 1. The third-order valence-corrected chi connectivity index (χ3v) is 3.89. The molecule has 2 aromatic carbocycles. The highest BCUT2D eigenvalue weighted by atomic mass is 16.5. The molecule has 0 aliphatic rings. The maximum absolute atomic E-state index is 11.9. The number of benzene rings is 2. The predicted molar refractivity (Wildman–Crippen MR) is 94.4 cm³/mol. The molecule has 24 heavy (non-hydrogen) atoms. The summed E-state index contributed by atoms with van der Waals surface area (Å²) < 4.78 is 6.96. The normalized spacial score (nSPS) is 10.6. The Balaban J connectivity index is 2.01. The largest absolute Gasteiger partial charge is 0.462 e. The summed E-state index contributed by atoms with van der Waals surface area (Å²) in [6.07, 6.45) is 1.95. The Kier molecular flexibility index (Phi) is 4.47. The number of rotatable bonds is 4. The molecule has 0 spiro atoms. The van der Waals surface area contributed by atoms with Crippen LogP contribution < -0.4 is 0 Å². The molecule has 0 amide bonds. The van der Waals surface area contributed by atoms with E-state index in [4.69, 9.17) is 4.74 Å². The Morgan fingerprint density at radius 2 is 1.88 bits per heavy atom. The Morgan fingerprint density at radius 3 is 2.58 bits per heavy atom. The van der Waals surface area contributed by atoms with Crippen molar-refractivity contribution in [1.82, 2.24) is 9.78 Å². The smallest absolute Gasteiger partial charge is 0.338 e. The van der Waals surface area contributed by atoms with Crippen LogP contribution in [0.1, 0.15) is 28.5 Å². The Bertz CT molecular complexity index is 881. The lowest BCUT2D eigenvalue weighted by molar-refractivity contribution is 0.0526. The molecule has 122 valence electrons. The molecule has 1 heterocycles. The molecule has 0 saturated carbocycles. The summed E-state index contributed by atoms with van der Waals surface area (Å²) in [7, 11) is 0. The Labute approximate surface area is 141 Å². The van der Waals surface area contributed by atoms with E-state index in [0.717, 1.165) is 28.1 Å². The second kappa shape index (κ2) is 6.71. The molecule has 0 saturated heterocycles. The highest BCUT2D eigenvalue weighted by molar-refractivity contribution is 5.91. The summed E-state index contributed by atoms with van der Waals surface area (Å²) >= 11 is 0. The zero-order valence-corrected chi connectivity index (χ0v) is 14.1. The maximum Gasteiger partial charge on any atom is 0.338 e. The zero-order chi connectivity index (χ0) is 17.1. The number of aryl methyl sites for hydroxylation is 2. The Morgan fingerprint density at radius 1 is 1.08 bits per heavy atom. The van der Waals surface area contributed by atoms with Crippen molar-refractivity contribution in [1.29, 1.82) is 0 Å². The number of hydrogen-bond acceptors (Lipinski definition) is 3. The molecular weight excluding hydrogens is 300 g/mol. The van der Waals surface area contributed by atoms with E-state index in [-0.39, 0.29) is 5.97 Å². The van der Waals surface area contributed by atoms with E-state index in [9.17, 15) is 4.79 Å². The summed E-state index contributed by atoms with van der Waals surface area (Å²) in [5, 5.41) is 4.49. The van der Waals surface area contributed by atoms with Crippen LogP contribution in [0.5, 0.6) is 0 Å². The van der Waals surface area contributed by atoms with Gasteiger partial charge in [0.2, 0.25) is 0 Å². The molecule has 1 aromatic heterocycles. The number of aromatic nitrogens is 2. The first-order chi connectivity index (χ1) is 11.6. The van der Waals surface area contributed by atoms with Gasteiger partial charge in [-0.05, 0) is 61.7 Å². The van der Waals surface area contributed by atoms with Crippen LogP contribution in [0.2, 0.25) is 0 Å². The quantitative estimate of drug-likeness (QED) is 0.672. The van der Waals surface area contributed by atoms with Gasteiger partial charge in [0.25, 0.3) is 0 Å². The first kappa shape index (κ1) is 16.0. The fraction of sp³-hybridized carbons (Fsp3) is 0.200. The SMILES string of the molecule is CCOC(=O)c1cccc(-c2ccc(C)c(-n3ccc(C)n3)c2)c1. The maximum atomic E-state index is 11.9. The fourth-order valence-corrected chi connectivity index (χ4v) is 2.63. The number of esters is 1. The molecule has 0 aliphatic carbocycles. The van der Waals surface area contributed by atoms with Crippen molar-refractivity contribution in [2.75, 3.05) is 6.61 Å².